The van der Waals surface area contributed by atoms with Crippen molar-refractivity contribution >= 4 is 22.6 Å². The first kappa shape index (κ1) is 12.9. The van der Waals surface area contributed by atoms with Gasteiger partial charge in [0.1, 0.15) is 5.58 Å². The van der Waals surface area contributed by atoms with Crippen molar-refractivity contribution in [3.05, 3.63) is 45.2 Å². The van der Waals surface area contributed by atoms with Crippen LogP contribution in [0.4, 0.5) is 5.69 Å². The number of amides is 1. The Bertz CT molecular complexity index is 703. The summed E-state index contributed by atoms with van der Waals surface area (Å²) in [6, 6.07) is 6.38. The van der Waals surface area contributed by atoms with E-state index in [-0.39, 0.29) is 17.2 Å². The molecule has 2 aromatic rings. The first-order valence-corrected chi connectivity index (χ1v) is 5.74. The summed E-state index contributed by atoms with van der Waals surface area (Å²) >= 11 is 0. The standard InChI is InChI=1S/C13H12N2O4/c1-7(2)14-12(16)10-8-5-3-4-6-9(8)19-13(17)11(10)15-18/h3-7H,1-2H3,(H,14,16). The van der Waals surface area contributed by atoms with Gasteiger partial charge < -0.3 is 9.73 Å². The number of benzene rings is 1. The van der Waals surface area contributed by atoms with Crippen LogP contribution >= 0.6 is 0 Å². The fraction of sp³-hybridized carbons (Fsp3) is 0.231. The molecule has 0 atom stereocenters. The number of nitroso groups, excluding NO2 is 1. The summed E-state index contributed by atoms with van der Waals surface area (Å²) in [6.07, 6.45) is 0. The number of fused-ring (bicyclic) bond motifs is 1. The Morgan fingerprint density at radius 2 is 2.00 bits per heavy atom. The first-order chi connectivity index (χ1) is 9.04. The van der Waals surface area contributed by atoms with Gasteiger partial charge in [0, 0.05) is 11.4 Å². The highest BCUT2D eigenvalue weighted by atomic mass is 16.4. The molecule has 1 aromatic heterocycles. The molecule has 0 fully saturated rings. The van der Waals surface area contributed by atoms with Crippen LogP contribution in [0.25, 0.3) is 11.0 Å². The van der Waals surface area contributed by atoms with Crippen molar-refractivity contribution in [3.63, 3.8) is 0 Å². The van der Waals surface area contributed by atoms with Gasteiger partial charge in [-0.1, -0.05) is 18.2 Å². The van der Waals surface area contributed by atoms with Gasteiger partial charge in [-0.3, -0.25) is 4.79 Å². The minimum Gasteiger partial charge on any atom is -0.421 e. The maximum atomic E-state index is 12.1. The van der Waals surface area contributed by atoms with Crippen molar-refractivity contribution < 1.29 is 9.21 Å². The average molecular weight is 260 g/mol. The maximum Gasteiger partial charge on any atom is 0.366 e. The third-order valence-corrected chi connectivity index (χ3v) is 2.53. The van der Waals surface area contributed by atoms with E-state index >= 15 is 0 Å². The predicted octanol–water partition coefficient (Wildman–Crippen LogP) is 2.33. The second kappa shape index (κ2) is 5.01. The molecule has 98 valence electrons. The zero-order valence-electron chi connectivity index (χ0n) is 10.5. The van der Waals surface area contributed by atoms with E-state index < -0.39 is 17.2 Å². The van der Waals surface area contributed by atoms with E-state index in [1.165, 1.54) is 0 Å². The monoisotopic (exact) mass is 260 g/mol. The number of nitrogens with zero attached hydrogens (tertiary/aromatic N) is 1. The smallest absolute Gasteiger partial charge is 0.366 e. The molecule has 6 nitrogen and oxygen atoms in total. The molecular formula is C13H12N2O4. The lowest BCUT2D eigenvalue weighted by Gasteiger charge is -2.10. The number of hydrogen-bond donors (Lipinski definition) is 1. The van der Waals surface area contributed by atoms with Crippen LogP contribution in [0.3, 0.4) is 0 Å². The summed E-state index contributed by atoms with van der Waals surface area (Å²) in [5.41, 5.74) is -1.22. The zero-order chi connectivity index (χ0) is 14.0. The lowest BCUT2D eigenvalue weighted by molar-refractivity contribution is 0.0945. The molecule has 1 amide bonds. The largest absolute Gasteiger partial charge is 0.421 e. The quantitative estimate of drug-likeness (QED) is 0.677. The van der Waals surface area contributed by atoms with Crippen LogP contribution in [-0.4, -0.2) is 11.9 Å². The average Bonchev–Trinajstić information content (AvgIpc) is 2.36. The van der Waals surface area contributed by atoms with Crippen LogP contribution in [0, 0.1) is 4.91 Å². The van der Waals surface area contributed by atoms with Gasteiger partial charge in [-0.15, -0.1) is 4.91 Å². The molecule has 0 radical (unpaired) electrons. The number of rotatable bonds is 3. The molecule has 0 aliphatic carbocycles. The second-order valence-electron chi connectivity index (χ2n) is 4.33. The van der Waals surface area contributed by atoms with E-state index in [4.69, 9.17) is 4.42 Å². The first-order valence-electron chi connectivity index (χ1n) is 5.74. The van der Waals surface area contributed by atoms with Crippen molar-refractivity contribution in [2.75, 3.05) is 0 Å². The molecular weight excluding hydrogens is 248 g/mol. The van der Waals surface area contributed by atoms with E-state index in [0.717, 1.165) is 0 Å². The van der Waals surface area contributed by atoms with Crippen LogP contribution in [0.2, 0.25) is 0 Å². The van der Waals surface area contributed by atoms with E-state index in [1.807, 2.05) is 0 Å². The van der Waals surface area contributed by atoms with Gasteiger partial charge in [-0.2, -0.15) is 0 Å². The molecule has 19 heavy (non-hydrogen) atoms. The zero-order valence-corrected chi connectivity index (χ0v) is 10.5. The minimum atomic E-state index is -0.914. The third-order valence-electron chi connectivity index (χ3n) is 2.53. The molecule has 0 saturated carbocycles. The Labute approximate surface area is 108 Å². The third kappa shape index (κ3) is 2.37. The van der Waals surface area contributed by atoms with Crippen LogP contribution in [0.1, 0.15) is 24.2 Å². The molecule has 1 aromatic carbocycles. The minimum absolute atomic E-state index is 0.0458. The molecule has 0 aliphatic rings. The molecule has 0 saturated heterocycles. The Morgan fingerprint density at radius 1 is 1.32 bits per heavy atom. The normalized spacial score (nSPS) is 10.7. The number of para-hydroxylation sites is 1. The fourth-order valence-electron chi connectivity index (χ4n) is 1.79. The number of carbonyl (C=O) groups is 1. The highest BCUT2D eigenvalue weighted by Crippen LogP contribution is 2.24. The number of hydrogen-bond acceptors (Lipinski definition) is 5. The summed E-state index contributed by atoms with van der Waals surface area (Å²) in [5.74, 6) is -0.520. The second-order valence-corrected chi connectivity index (χ2v) is 4.33. The van der Waals surface area contributed by atoms with Gasteiger partial charge in [-0.05, 0) is 25.1 Å². The summed E-state index contributed by atoms with van der Waals surface area (Å²) in [6.45, 7) is 3.55. The van der Waals surface area contributed by atoms with Gasteiger partial charge in [0.25, 0.3) is 5.91 Å². The Morgan fingerprint density at radius 3 is 2.63 bits per heavy atom. The Balaban J connectivity index is 2.78. The molecule has 1 N–H and O–H groups in total. The van der Waals surface area contributed by atoms with Crippen molar-refractivity contribution in [1.82, 2.24) is 5.32 Å². The predicted molar refractivity (Wildman–Crippen MR) is 70.5 cm³/mol. The van der Waals surface area contributed by atoms with E-state index in [2.05, 4.69) is 10.5 Å². The van der Waals surface area contributed by atoms with Gasteiger partial charge in [0.15, 0.2) is 0 Å². The summed E-state index contributed by atoms with van der Waals surface area (Å²) in [5, 5.41) is 5.65. The van der Waals surface area contributed by atoms with E-state index in [9.17, 15) is 14.5 Å². The van der Waals surface area contributed by atoms with Crippen LogP contribution in [-0.2, 0) is 0 Å². The summed E-state index contributed by atoms with van der Waals surface area (Å²) in [4.78, 5) is 34.5. The molecule has 0 unspecified atom stereocenters. The van der Waals surface area contributed by atoms with Gasteiger partial charge in [0.2, 0.25) is 5.69 Å². The van der Waals surface area contributed by atoms with Crippen molar-refractivity contribution in [1.29, 1.82) is 0 Å². The summed E-state index contributed by atoms with van der Waals surface area (Å²) in [7, 11) is 0. The molecule has 0 bridgehead atoms. The Hall–Kier alpha value is -2.50. The van der Waals surface area contributed by atoms with E-state index in [1.54, 1.807) is 38.1 Å². The van der Waals surface area contributed by atoms with Gasteiger partial charge in [-0.25, -0.2) is 4.79 Å². The number of nitrogens with one attached hydrogen (secondary N) is 1. The molecule has 0 spiro atoms. The van der Waals surface area contributed by atoms with Gasteiger partial charge >= 0.3 is 5.63 Å². The van der Waals surface area contributed by atoms with Crippen LogP contribution in [0.5, 0.6) is 0 Å². The lowest BCUT2D eigenvalue weighted by atomic mass is 10.1. The Kier molecular flexibility index (Phi) is 3.41. The molecule has 6 heteroatoms. The lowest BCUT2D eigenvalue weighted by Crippen LogP contribution is -2.31. The van der Waals surface area contributed by atoms with Crippen molar-refractivity contribution in [3.8, 4) is 0 Å². The van der Waals surface area contributed by atoms with Crippen LogP contribution < -0.4 is 10.9 Å². The number of carbonyl (C=O) groups excluding carboxylic acids is 1. The highest BCUT2D eigenvalue weighted by Gasteiger charge is 2.21. The topological polar surface area (TPSA) is 88.7 Å². The molecule has 2 rings (SSSR count). The van der Waals surface area contributed by atoms with Crippen molar-refractivity contribution in [2.45, 2.75) is 19.9 Å². The van der Waals surface area contributed by atoms with Crippen LogP contribution in [0.15, 0.2) is 38.7 Å². The maximum absolute atomic E-state index is 12.1. The summed E-state index contributed by atoms with van der Waals surface area (Å²) < 4.78 is 4.95. The van der Waals surface area contributed by atoms with E-state index in [0.29, 0.717) is 5.39 Å². The molecule has 1 heterocycles. The highest BCUT2D eigenvalue weighted by molar-refractivity contribution is 6.09. The van der Waals surface area contributed by atoms with Crippen molar-refractivity contribution in [2.24, 2.45) is 5.18 Å². The molecule has 0 aliphatic heterocycles. The SMILES string of the molecule is CC(C)NC(=O)c1c(N=O)c(=O)oc2ccccc12. The van der Waals surface area contributed by atoms with Gasteiger partial charge in [0.05, 0.1) is 5.56 Å². The fourth-order valence-corrected chi connectivity index (χ4v) is 1.79.